The number of rotatable bonds is 3. The number of hydrogen-bond acceptors (Lipinski definition) is 2. The molecule has 1 aliphatic rings. The molecule has 0 radical (unpaired) electrons. The van der Waals surface area contributed by atoms with E-state index in [2.05, 4.69) is 40.0 Å². The van der Waals surface area contributed by atoms with E-state index in [0.29, 0.717) is 12.6 Å². The maximum atomic E-state index is 11.0. The highest BCUT2D eigenvalue weighted by molar-refractivity contribution is 5.83. The largest absolute Gasteiger partial charge is 0.361 e. The Balaban J connectivity index is 1.64. The van der Waals surface area contributed by atoms with Gasteiger partial charge in [-0.3, -0.25) is 4.79 Å². The summed E-state index contributed by atoms with van der Waals surface area (Å²) in [5.41, 5.74) is 2.54. The number of amides is 1. The summed E-state index contributed by atoms with van der Waals surface area (Å²) < 4.78 is 0. The van der Waals surface area contributed by atoms with Crippen molar-refractivity contribution in [2.45, 2.75) is 18.9 Å². The molecule has 0 aliphatic carbocycles. The summed E-state index contributed by atoms with van der Waals surface area (Å²) in [4.78, 5) is 14.3. The van der Waals surface area contributed by atoms with Gasteiger partial charge in [-0.2, -0.15) is 0 Å². The van der Waals surface area contributed by atoms with Crippen LogP contribution in [0.5, 0.6) is 0 Å². The number of carbonyl (C=O) groups is 1. The highest BCUT2D eigenvalue weighted by atomic mass is 16.2. The molecule has 1 saturated heterocycles. The molecule has 18 heavy (non-hydrogen) atoms. The number of hydrogen-bond donors (Lipinski definition) is 3. The molecule has 2 heterocycles. The highest BCUT2D eigenvalue weighted by Crippen LogP contribution is 2.19. The number of nitrogens with one attached hydrogen (secondary N) is 3. The minimum atomic E-state index is 0.0957. The molecule has 0 bridgehead atoms. The molecule has 4 heteroatoms. The smallest absolute Gasteiger partial charge is 0.234 e. The van der Waals surface area contributed by atoms with Crippen LogP contribution < -0.4 is 10.6 Å². The molecule has 4 nitrogen and oxygen atoms in total. The van der Waals surface area contributed by atoms with Gasteiger partial charge in [-0.05, 0) is 24.5 Å². The lowest BCUT2D eigenvalue weighted by molar-refractivity contribution is -0.121. The lowest BCUT2D eigenvalue weighted by Gasteiger charge is -2.23. The Morgan fingerprint density at radius 1 is 1.28 bits per heavy atom. The first-order chi connectivity index (χ1) is 8.83. The summed E-state index contributed by atoms with van der Waals surface area (Å²) in [6.07, 6.45) is 4.16. The van der Waals surface area contributed by atoms with Crippen molar-refractivity contribution in [2.75, 3.05) is 13.1 Å². The lowest BCUT2D eigenvalue weighted by Crippen LogP contribution is -2.51. The zero-order valence-electron chi connectivity index (χ0n) is 10.2. The van der Waals surface area contributed by atoms with Gasteiger partial charge >= 0.3 is 0 Å². The minimum Gasteiger partial charge on any atom is -0.361 e. The number of aromatic amines is 1. The van der Waals surface area contributed by atoms with E-state index in [0.717, 1.165) is 19.4 Å². The number of H-pyrrole nitrogens is 1. The fraction of sp³-hybridized carbons (Fsp3) is 0.357. The van der Waals surface area contributed by atoms with Gasteiger partial charge in [0.2, 0.25) is 5.91 Å². The van der Waals surface area contributed by atoms with Crippen LogP contribution in [0.15, 0.2) is 30.5 Å². The van der Waals surface area contributed by atoms with Gasteiger partial charge < -0.3 is 15.6 Å². The second-order valence-electron chi connectivity index (χ2n) is 4.78. The highest BCUT2D eigenvalue weighted by Gasteiger charge is 2.17. The first-order valence-corrected chi connectivity index (χ1v) is 6.38. The average molecular weight is 243 g/mol. The van der Waals surface area contributed by atoms with Gasteiger partial charge in [-0.15, -0.1) is 0 Å². The van der Waals surface area contributed by atoms with Crippen molar-refractivity contribution in [1.82, 2.24) is 15.6 Å². The number of piperazine rings is 1. The van der Waals surface area contributed by atoms with Crippen LogP contribution in [0, 0.1) is 0 Å². The van der Waals surface area contributed by atoms with E-state index < -0.39 is 0 Å². The standard InChI is InChI=1S/C14H17N3O/c18-14-9-15-11(8-17-14)6-5-10-7-16-13-4-2-1-3-12(10)13/h1-4,7,11,15-16H,5-6,8-9H2,(H,17,18). The Labute approximate surface area is 106 Å². The SMILES string of the molecule is O=C1CNC(CCc2c[nH]c3ccccc23)CN1. The lowest BCUT2D eigenvalue weighted by atomic mass is 10.0. The van der Waals surface area contributed by atoms with E-state index in [1.807, 2.05) is 6.07 Å². The average Bonchev–Trinajstić information content (AvgIpc) is 2.82. The van der Waals surface area contributed by atoms with Crippen molar-refractivity contribution in [3.63, 3.8) is 0 Å². The Bertz CT molecular complexity index is 551. The third kappa shape index (κ3) is 2.24. The molecule has 2 aromatic rings. The maximum Gasteiger partial charge on any atom is 0.234 e. The van der Waals surface area contributed by atoms with Crippen molar-refractivity contribution in [2.24, 2.45) is 0 Å². The Kier molecular flexibility index (Phi) is 3.02. The summed E-state index contributed by atoms with van der Waals surface area (Å²) >= 11 is 0. The number of aromatic nitrogens is 1. The van der Waals surface area contributed by atoms with Gasteiger partial charge in [0.1, 0.15) is 0 Å². The molecular weight excluding hydrogens is 226 g/mol. The molecule has 94 valence electrons. The predicted molar refractivity (Wildman–Crippen MR) is 71.4 cm³/mol. The molecular formula is C14H17N3O. The fourth-order valence-corrected chi connectivity index (χ4v) is 2.48. The molecule has 1 aromatic heterocycles. The Morgan fingerprint density at radius 2 is 2.17 bits per heavy atom. The maximum absolute atomic E-state index is 11.0. The molecule has 1 amide bonds. The molecule has 0 saturated carbocycles. The summed E-state index contributed by atoms with van der Waals surface area (Å²) in [6, 6.07) is 8.74. The van der Waals surface area contributed by atoms with Crippen molar-refractivity contribution < 1.29 is 4.79 Å². The predicted octanol–water partition coefficient (Wildman–Crippen LogP) is 1.19. The van der Waals surface area contributed by atoms with E-state index in [4.69, 9.17) is 0 Å². The van der Waals surface area contributed by atoms with Crippen LogP contribution >= 0.6 is 0 Å². The van der Waals surface area contributed by atoms with Crippen LogP contribution in [-0.4, -0.2) is 30.0 Å². The van der Waals surface area contributed by atoms with Gasteiger partial charge in [0.25, 0.3) is 0 Å². The fourth-order valence-electron chi connectivity index (χ4n) is 2.48. The molecule has 3 N–H and O–H groups in total. The van der Waals surface area contributed by atoms with Crippen molar-refractivity contribution in [1.29, 1.82) is 0 Å². The monoisotopic (exact) mass is 243 g/mol. The van der Waals surface area contributed by atoms with Crippen LogP contribution in [0.2, 0.25) is 0 Å². The molecule has 1 unspecified atom stereocenters. The molecule has 1 fully saturated rings. The van der Waals surface area contributed by atoms with Crippen molar-refractivity contribution >= 4 is 16.8 Å². The quantitative estimate of drug-likeness (QED) is 0.758. The third-order valence-corrected chi connectivity index (χ3v) is 3.53. The van der Waals surface area contributed by atoms with E-state index >= 15 is 0 Å². The molecule has 1 aliphatic heterocycles. The topological polar surface area (TPSA) is 56.9 Å². The number of benzene rings is 1. The van der Waals surface area contributed by atoms with Crippen molar-refractivity contribution in [3.8, 4) is 0 Å². The summed E-state index contributed by atoms with van der Waals surface area (Å²) in [6.45, 7) is 1.18. The zero-order chi connectivity index (χ0) is 12.4. The van der Waals surface area contributed by atoms with Crippen LogP contribution in [-0.2, 0) is 11.2 Å². The van der Waals surface area contributed by atoms with Gasteiger partial charge in [0.05, 0.1) is 6.54 Å². The normalized spacial score (nSPS) is 20.0. The number of carbonyl (C=O) groups excluding carboxylic acids is 1. The van der Waals surface area contributed by atoms with Gasteiger partial charge in [-0.1, -0.05) is 18.2 Å². The number of aryl methyl sites for hydroxylation is 1. The van der Waals surface area contributed by atoms with E-state index in [9.17, 15) is 4.79 Å². The zero-order valence-corrected chi connectivity index (χ0v) is 10.2. The Hall–Kier alpha value is -1.81. The van der Waals surface area contributed by atoms with Crippen LogP contribution in [0.25, 0.3) is 10.9 Å². The number of fused-ring (bicyclic) bond motifs is 1. The van der Waals surface area contributed by atoms with Crippen LogP contribution in [0.1, 0.15) is 12.0 Å². The van der Waals surface area contributed by atoms with Crippen LogP contribution in [0.3, 0.4) is 0 Å². The van der Waals surface area contributed by atoms with Gasteiger partial charge in [0, 0.05) is 29.7 Å². The third-order valence-electron chi connectivity index (χ3n) is 3.53. The number of para-hydroxylation sites is 1. The summed E-state index contributed by atoms with van der Waals surface area (Å²) in [7, 11) is 0. The summed E-state index contributed by atoms with van der Waals surface area (Å²) in [5, 5.41) is 7.45. The Morgan fingerprint density at radius 3 is 3.00 bits per heavy atom. The van der Waals surface area contributed by atoms with Crippen LogP contribution in [0.4, 0.5) is 0 Å². The first-order valence-electron chi connectivity index (χ1n) is 6.38. The van der Waals surface area contributed by atoms with E-state index in [1.54, 1.807) is 0 Å². The van der Waals surface area contributed by atoms with Gasteiger partial charge in [-0.25, -0.2) is 0 Å². The summed E-state index contributed by atoms with van der Waals surface area (Å²) in [5.74, 6) is 0.0957. The second kappa shape index (κ2) is 4.82. The van der Waals surface area contributed by atoms with E-state index in [1.165, 1.54) is 16.5 Å². The van der Waals surface area contributed by atoms with Gasteiger partial charge in [0.15, 0.2) is 0 Å². The minimum absolute atomic E-state index is 0.0957. The molecule has 1 aromatic carbocycles. The van der Waals surface area contributed by atoms with Crippen molar-refractivity contribution in [3.05, 3.63) is 36.0 Å². The molecule has 0 spiro atoms. The second-order valence-corrected chi connectivity index (χ2v) is 4.78. The van der Waals surface area contributed by atoms with E-state index in [-0.39, 0.29) is 5.91 Å². The first kappa shape index (κ1) is 11.3. The molecule has 3 rings (SSSR count). The molecule has 1 atom stereocenters.